The molecule has 1 aromatic heterocycles. The van der Waals surface area contributed by atoms with Crippen LogP contribution in [0, 0.1) is 5.92 Å². The van der Waals surface area contributed by atoms with Crippen LogP contribution in [0.4, 0.5) is 0 Å². The second-order valence-electron chi connectivity index (χ2n) is 4.13. The lowest BCUT2D eigenvalue weighted by Gasteiger charge is -2.15. The first-order valence-corrected chi connectivity index (χ1v) is 6.44. The van der Waals surface area contributed by atoms with Gasteiger partial charge in [0, 0.05) is 12.6 Å². The molecule has 0 bridgehead atoms. The zero-order valence-corrected chi connectivity index (χ0v) is 10.2. The summed E-state index contributed by atoms with van der Waals surface area (Å²) in [6.45, 7) is 0.992. The molecule has 1 amide bonds. The lowest BCUT2D eigenvalue weighted by molar-refractivity contribution is -0.125. The van der Waals surface area contributed by atoms with Crippen molar-refractivity contribution in [1.29, 1.82) is 0 Å². The van der Waals surface area contributed by atoms with Crippen LogP contribution in [-0.4, -0.2) is 36.8 Å². The number of hydrogen-bond donors (Lipinski definition) is 3. The molecule has 1 aliphatic rings. The van der Waals surface area contributed by atoms with Crippen molar-refractivity contribution in [1.82, 2.24) is 5.32 Å². The minimum atomic E-state index is -0.663. The molecule has 0 aliphatic carbocycles. The predicted molar refractivity (Wildman–Crippen MR) is 64.6 cm³/mol. The Balaban J connectivity index is 1.80. The van der Waals surface area contributed by atoms with Crippen molar-refractivity contribution >= 4 is 17.2 Å². The van der Waals surface area contributed by atoms with Crippen LogP contribution in [0.5, 0.6) is 0 Å². The van der Waals surface area contributed by atoms with Gasteiger partial charge in [0.05, 0.1) is 25.2 Å². The molecule has 3 unspecified atom stereocenters. The van der Waals surface area contributed by atoms with Gasteiger partial charge in [-0.25, -0.2) is 0 Å². The number of carbonyl (C=O) groups is 1. The summed E-state index contributed by atoms with van der Waals surface area (Å²) in [5, 5.41) is 16.2. The smallest absolute Gasteiger partial charge is 0.227 e. The fourth-order valence-corrected chi connectivity index (χ4v) is 2.46. The van der Waals surface area contributed by atoms with Gasteiger partial charge in [-0.1, -0.05) is 0 Å². The fraction of sp³-hybridized carbons (Fsp3) is 0.545. The average molecular weight is 256 g/mol. The van der Waals surface area contributed by atoms with Crippen LogP contribution < -0.4 is 11.1 Å². The number of nitrogens with two attached hydrogens (primary N) is 1. The average Bonchev–Trinajstić information content (AvgIpc) is 2.95. The summed E-state index contributed by atoms with van der Waals surface area (Å²) in [6, 6.07) is 1.60. The van der Waals surface area contributed by atoms with E-state index < -0.39 is 6.10 Å². The van der Waals surface area contributed by atoms with Gasteiger partial charge < -0.3 is 20.9 Å². The molecular weight excluding hydrogens is 240 g/mol. The maximum Gasteiger partial charge on any atom is 0.227 e. The van der Waals surface area contributed by atoms with Crippen LogP contribution in [0.15, 0.2) is 16.8 Å². The minimum Gasteiger partial charge on any atom is -0.387 e. The van der Waals surface area contributed by atoms with E-state index in [-0.39, 0.29) is 24.4 Å². The number of ether oxygens (including phenoxy) is 1. The van der Waals surface area contributed by atoms with Crippen LogP contribution in [-0.2, 0) is 9.53 Å². The Hall–Kier alpha value is -0.950. The third-order valence-corrected chi connectivity index (χ3v) is 3.56. The normalized spacial score (nSPS) is 25.8. The van der Waals surface area contributed by atoms with E-state index in [1.54, 1.807) is 0 Å². The van der Waals surface area contributed by atoms with E-state index in [1.807, 2.05) is 16.8 Å². The Bertz CT molecular complexity index is 369. The summed E-state index contributed by atoms with van der Waals surface area (Å²) in [5.41, 5.74) is 6.56. The second-order valence-corrected chi connectivity index (χ2v) is 4.91. The summed E-state index contributed by atoms with van der Waals surface area (Å²) in [5.74, 6) is -0.450. The summed E-state index contributed by atoms with van der Waals surface area (Å²) in [6.07, 6.45) is -0.663. The van der Waals surface area contributed by atoms with Crippen molar-refractivity contribution in [3.05, 3.63) is 22.4 Å². The molecule has 1 aliphatic heterocycles. The molecule has 3 atom stereocenters. The molecule has 17 heavy (non-hydrogen) atoms. The number of rotatable bonds is 4. The van der Waals surface area contributed by atoms with Crippen molar-refractivity contribution in [3.63, 3.8) is 0 Å². The number of nitrogens with one attached hydrogen (secondary N) is 1. The number of aliphatic hydroxyl groups excluding tert-OH is 1. The molecule has 4 N–H and O–H groups in total. The first-order chi connectivity index (χ1) is 8.18. The van der Waals surface area contributed by atoms with Gasteiger partial charge in [-0.05, 0) is 22.4 Å². The largest absolute Gasteiger partial charge is 0.387 e. The Labute approximate surface area is 104 Å². The number of thiophene rings is 1. The van der Waals surface area contributed by atoms with Crippen LogP contribution in [0.25, 0.3) is 0 Å². The van der Waals surface area contributed by atoms with E-state index in [1.165, 1.54) is 11.3 Å². The third-order valence-electron chi connectivity index (χ3n) is 2.86. The molecule has 94 valence electrons. The Morgan fingerprint density at radius 3 is 3.12 bits per heavy atom. The first kappa shape index (κ1) is 12.5. The van der Waals surface area contributed by atoms with Gasteiger partial charge >= 0.3 is 0 Å². The molecule has 1 aromatic rings. The van der Waals surface area contributed by atoms with E-state index in [4.69, 9.17) is 10.5 Å². The van der Waals surface area contributed by atoms with Gasteiger partial charge in [-0.15, -0.1) is 0 Å². The summed E-state index contributed by atoms with van der Waals surface area (Å²) < 4.78 is 5.12. The molecule has 0 saturated carbocycles. The van der Waals surface area contributed by atoms with Crippen molar-refractivity contribution in [2.24, 2.45) is 11.7 Å². The van der Waals surface area contributed by atoms with Gasteiger partial charge in [0.1, 0.15) is 0 Å². The standard InChI is InChI=1S/C11H16N2O3S/c12-9-5-16-4-8(9)11(15)13-3-10(14)7-1-2-17-6-7/h1-2,6,8-10,14H,3-5,12H2,(H,13,15). The quantitative estimate of drug-likeness (QED) is 0.700. The molecule has 5 nitrogen and oxygen atoms in total. The Kier molecular flexibility index (Phi) is 4.11. The highest BCUT2D eigenvalue weighted by atomic mass is 32.1. The van der Waals surface area contributed by atoms with Crippen LogP contribution in [0.1, 0.15) is 11.7 Å². The molecule has 1 fully saturated rings. The highest BCUT2D eigenvalue weighted by Crippen LogP contribution is 2.16. The van der Waals surface area contributed by atoms with E-state index in [2.05, 4.69) is 5.32 Å². The molecule has 6 heteroatoms. The highest BCUT2D eigenvalue weighted by Gasteiger charge is 2.31. The fourth-order valence-electron chi connectivity index (χ4n) is 1.75. The number of hydrogen-bond acceptors (Lipinski definition) is 5. The van der Waals surface area contributed by atoms with Crippen LogP contribution >= 0.6 is 11.3 Å². The molecule has 1 saturated heterocycles. The van der Waals surface area contributed by atoms with E-state index >= 15 is 0 Å². The van der Waals surface area contributed by atoms with Gasteiger partial charge in [0.2, 0.25) is 5.91 Å². The molecular formula is C11H16N2O3S. The zero-order chi connectivity index (χ0) is 12.3. The molecule has 2 rings (SSSR count). The summed E-state index contributed by atoms with van der Waals surface area (Å²) >= 11 is 1.52. The number of amides is 1. The molecule has 2 heterocycles. The van der Waals surface area contributed by atoms with Gasteiger partial charge in [-0.3, -0.25) is 4.79 Å². The zero-order valence-electron chi connectivity index (χ0n) is 9.33. The van der Waals surface area contributed by atoms with Crippen LogP contribution in [0.2, 0.25) is 0 Å². The second kappa shape index (κ2) is 5.59. The van der Waals surface area contributed by atoms with Crippen LogP contribution in [0.3, 0.4) is 0 Å². The third kappa shape index (κ3) is 3.04. The van der Waals surface area contributed by atoms with Crippen molar-refractivity contribution in [2.75, 3.05) is 19.8 Å². The van der Waals surface area contributed by atoms with Crippen molar-refractivity contribution < 1.29 is 14.6 Å². The summed E-state index contributed by atoms with van der Waals surface area (Å²) in [7, 11) is 0. The van der Waals surface area contributed by atoms with Gasteiger partial charge in [-0.2, -0.15) is 11.3 Å². The Morgan fingerprint density at radius 2 is 2.53 bits per heavy atom. The van der Waals surface area contributed by atoms with Crippen molar-refractivity contribution in [2.45, 2.75) is 12.1 Å². The highest BCUT2D eigenvalue weighted by molar-refractivity contribution is 7.07. The topological polar surface area (TPSA) is 84.6 Å². The lowest BCUT2D eigenvalue weighted by atomic mass is 10.0. The maximum atomic E-state index is 11.8. The monoisotopic (exact) mass is 256 g/mol. The Morgan fingerprint density at radius 1 is 1.71 bits per heavy atom. The molecule has 0 aromatic carbocycles. The lowest BCUT2D eigenvalue weighted by Crippen LogP contribution is -2.42. The SMILES string of the molecule is NC1COCC1C(=O)NCC(O)c1ccsc1. The molecule has 0 spiro atoms. The first-order valence-electron chi connectivity index (χ1n) is 5.49. The minimum absolute atomic E-state index is 0.149. The van der Waals surface area contributed by atoms with Gasteiger partial charge in [0.15, 0.2) is 0 Å². The number of carbonyl (C=O) groups excluding carboxylic acids is 1. The van der Waals surface area contributed by atoms with E-state index in [9.17, 15) is 9.90 Å². The van der Waals surface area contributed by atoms with Gasteiger partial charge in [0.25, 0.3) is 0 Å². The van der Waals surface area contributed by atoms with E-state index in [0.29, 0.717) is 13.2 Å². The predicted octanol–water partition coefficient (Wildman–Crippen LogP) is -0.129. The molecule has 0 radical (unpaired) electrons. The maximum absolute atomic E-state index is 11.8. The summed E-state index contributed by atoms with van der Waals surface area (Å²) in [4.78, 5) is 11.8. The number of aliphatic hydroxyl groups is 1. The van der Waals surface area contributed by atoms with E-state index in [0.717, 1.165) is 5.56 Å². The van der Waals surface area contributed by atoms with Crippen molar-refractivity contribution in [3.8, 4) is 0 Å².